The highest BCUT2D eigenvalue weighted by atomic mass is 32.2. The van der Waals surface area contributed by atoms with Crippen molar-refractivity contribution >= 4 is 45.5 Å². The van der Waals surface area contributed by atoms with Gasteiger partial charge in [0.2, 0.25) is 5.91 Å². The van der Waals surface area contributed by atoms with Gasteiger partial charge >= 0.3 is 0 Å². The molecule has 0 aliphatic heterocycles. The summed E-state index contributed by atoms with van der Waals surface area (Å²) >= 11 is 4.50. The van der Waals surface area contributed by atoms with Crippen LogP contribution < -0.4 is 5.32 Å². The zero-order valence-electron chi connectivity index (χ0n) is 16.9. The van der Waals surface area contributed by atoms with E-state index in [9.17, 15) is 4.79 Å². The van der Waals surface area contributed by atoms with Crippen molar-refractivity contribution in [2.24, 2.45) is 0 Å². The number of carbonyl (C=O) groups excluding carboxylic acids is 1. The molecule has 1 N–H and O–H groups in total. The van der Waals surface area contributed by atoms with E-state index in [0.717, 1.165) is 23.1 Å². The first-order chi connectivity index (χ1) is 14.6. The molecule has 30 heavy (non-hydrogen) atoms. The van der Waals surface area contributed by atoms with E-state index in [1.165, 1.54) is 44.7 Å². The van der Waals surface area contributed by atoms with Crippen LogP contribution in [0.2, 0.25) is 0 Å². The summed E-state index contributed by atoms with van der Waals surface area (Å²) in [6.07, 6.45) is 1.67. The molecule has 9 heteroatoms. The maximum absolute atomic E-state index is 12.2. The van der Waals surface area contributed by atoms with Crippen LogP contribution in [0.25, 0.3) is 22.5 Å². The molecule has 4 rings (SSSR count). The number of nitrogens with zero attached hydrogens (tertiary/aromatic N) is 4. The highest BCUT2D eigenvalue weighted by molar-refractivity contribution is 7.99. The fourth-order valence-electron chi connectivity index (χ4n) is 3.15. The molecule has 4 aromatic rings. The fourth-order valence-corrected chi connectivity index (χ4v) is 5.36. The minimum Gasteiger partial charge on any atom is -0.302 e. The molecule has 0 saturated heterocycles. The first kappa shape index (κ1) is 20.8. The summed E-state index contributed by atoms with van der Waals surface area (Å²) in [6.45, 7) is 7.01. The Bertz CT molecular complexity index is 1150. The minimum atomic E-state index is -0.103. The molecule has 0 atom stereocenters. The van der Waals surface area contributed by atoms with Crippen molar-refractivity contribution in [1.82, 2.24) is 19.7 Å². The molecule has 1 aromatic carbocycles. The van der Waals surface area contributed by atoms with E-state index in [1.54, 1.807) is 17.5 Å². The summed E-state index contributed by atoms with van der Waals surface area (Å²) in [5.41, 5.74) is 4.69. The molecule has 6 nitrogen and oxygen atoms in total. The summed E-state index contributed by atoms with van der Waals surface area (Å²) in [4.78, 5) is 17.5. The van der Waals surface area contributed by atoms with Crippen LogP contribution in [0, 0.1) is 13.8 Å². The smallest absolute Gasteiger partial charge is 0.236 e. The molecule has 1 amide bonds. The Morgan fingerprint density at radius 2 is 1.97 bits per heavy atom. The third kappa shape index (κ3) is 4.33. The number of benzene rings is 1. The first-order valence-corrected chi connectivity index (χ1v) is 12.2. The van der Waals surface area contributed by atoms with E-state index >= 15 is 0 Å². The molecular formula is C21H21N5OS3. The molecule has 0 aliphatic carbocycles. The Morgan fingerprint density at radius 1 is 1.17 bits per heavy atom. The standard InChI is InChI=1S/C21H21N5OS3/c1-4-26-19(16-11-29-14(3)18(16)15-7-5-13(2)6-8-15)24-25-21(26)30-12-17(27)23-20-22-9-10-28-20/h5-11H,4,12H2,1-3H3,(H,22,23,27). The van der Waals surface area contributed by atoms with Crippen LogP contribution in [0.5, 0.6) is 0 Å². The van der Waals surface area contributed by atoms with Crippen molar-refractivity contribution in [2.45, 2.75) is 32.5 Å². The third-order valence-corrected chi connectivity index (χ3v) is 7.17. The van der Waals surface area contributed by atoms with Crippen molar-refractivity contribution in [3.05, 3.63) is 51.7 Å². The Balaban J connectivity index is 1.58. The number of aromatic nitrogens is 4. The number of carbonyl (C=O) groups is 1. The number of thioether (sulfide) groups is 1. The van der Waals surface area contributed by atoms with Crippen LogP contribution in [0.1, 0.15) is 17.4 Å². The van der Waals surface area contributed by atoms with Gasteiger partial charge in [-0.05, 0) is 26.3 Å². The Hall–Kier alpha value is -2.49. The van der Waals surface area contributed by atoms with Crippen LogP contribution in [0.3, 0.4) is 0 Å². The lowest BCUT2D eigenvalue weighted by atomic mass is 10.0. The normalized spacial score (nSPS) is 11.0. The fraction of sp³-hybridized carbons (Fsp3) is 0.238. The van der Waals surface area contributed by atoms with Crippen molar-refractivity contribution < 1.29 is 4.79 Å². The van der Waals surface area contributed by atoms with Crippen LogP contribution in [0.4, 0.5) is 5.13 Å². The topological polar surface area (TPSA) is 72.7 Å². The summed E-state index contributed by atoms with van der Waals surface area (Å²) in [5, 5.41) is 17.0. The van der Waals surface area contributed by atoms with Crippen LogP contribution in [-0.4, -0.2) is 31.4 Å². The lowest BCUT2D eigenvalue weighted by Gasteiger charge is -2.09. The second kappa shape index (κ2) is 9.11. The van der Waals surface area contributed by atoms with Gasteiger partial charge in [0.05, 0.1) is 5.75 Å². The van der Waals surface area contributed by atoms with Gasteiger partial charge in [0.1, 0.15) is 0 Å². The molecule has 0 unspecified atom stereocenters. The lowest BCUT2D eigenvalue weighted by molar-refractivity contribution is -0.113. The number of amides is 1. The van der Waals surface area contributed by atoms with Gasteiger partial charge < -0.3 is 9.88 Å². The Kier molecular flexibility index (Phi) is 6.31. The average molecular weight is 456 g/mol. The van der Waals surface area contributed by atoms with E-state index in [1.807, 2.05) is 5.38 Å². The molecule has 0 bridgehead atoms. The summed E-state index contributed by atoms with van der Waals surface area (Å²) in [5.74, 6) is 0.986. The second-order valence-electron chi connectivity index (χ2n) is 6.67. The van der Waals surface area contributed by atoms with E-state index in [2.05, 4.69) is 75.5 Å². The quantitative estimate of drug-likeness (QED) is 0.373. The van der Waals surface area contributed by atoms with E-state index in [4.69, 9.17) is 0 Å². The number of nitrogens with one attached hydrogen (secondary N) is 1. The zero-order valence-corrected chi connectivity index (χ0v) is 19.3. The van der Waals surface area contributed by atoms with Crippen molar-refractivity contribution in [1.29, 1.82) is 0 Å². The van der Waals surface area contributed by atoms with Gasteiger partial charge in [0.15, 0.2) is 16.1 Å². The Morgan fingerprint density at radius 3 is 2.67 bits per heavy atom. The molecule has 3 heterocycles. The zero-order chi connectivity index (χ0) is 21.1. The number of hydrogen-bond acceptors (Lipinski definition) is 7. The van der Waals surface area contributed by atoms with Gasteiger partial charge in [-0.3, -0.25) is 4.79 Å². The minimum absolute atomic E-state index is 0.103. The number of rotatable bonds is 7. The molecule has 0 spiro atoms. The SMILES string of the molecule is CCn1c(SCC(=O)Nc2nccs2)nnc1-c1csc(C)c1-c1ccc(C)cc1. The monoisotopic (exact) mass is 455 g/mol. The summed E-state index contributed by atoms with van der Waals surface area (Å²) in [6, 6.07) is 8.56. The molecule has 0 radical (unpaired) electrons. The van der Waals surface area contributed by atoms with Crippen LogP contribution in [-0.2, 0) is 11.3 Å². The summed E-state index contributed by atoms with van der Waals surface area (Å²) in [7, 11) is 0. The molecule has 0 saturated carbocycles. The number of thiophene rings is 1. The number of anilines is 1. The highest BCUT2D eigenvalue weighted by Crippen LogP contribution is 2.39. The predicted molar refractivity (Wildman–Crippen MR) is 125 cm³/mol. The van der Waals surface area contributed by atoms with Gasteiger partial charge in [0.25, 0.3) is 0 Å². The second-order valence-corrected chi connectivity index (χ2v) is 9.59. The van der Waals surface area contributed by atoms with Gasteiger partial charge in [-0.25, -0.2) is 4.98 Å². The average Bonchev–Trinajstić information content (AvgIpc) is 3.47. The first-order valence-electron chi connectivity index (χ1n) is 9.47. The van der Waals surface area contributed by atoms with E-state index in [-0.39, 0.29) is 11.7 Å². The third-order valence-electron chi connectivity index (χ3n) is 4.60. The molecule has 154 valence electrons. The maximum Gasteiger partial charge on any atom is 0.236 e. The lowest BCUT2D eigenvalue weighted by Crippen LogP contribution is -2.14. The Labute approximate surface area is 187 Å². The van der Waals surface area contributed by atoms with Gasteiger partial charge in [0, 0.05) is 39.5 Å². The largest absolute Gasteiger partial charge is 0.302 e. The number of thiazole rings is 1. The molecule has 3 aromatic heterocycles. The van der Waals surface area contributed by atoms with Gasteiger partial charge in [-0.1, -0.05) is 41.6 Å². The van der Waals surface area contributed by atoms with Crippen molar-refractivity contribution in [3.63, 3.8) is 0 Å². The summed E-state index contributed by atoms with van der Waals surface area (Å²) < 4.78 is 2.07. The van der Waals surface area contributed by atoms with Crippen molar-refractivity contribution in [2.75, 3.05) is 11.1 Å². The molecule has 0 aliphatic rings. The van der Waals surface area contributed by atoms with Crippen molar-refractivity contribution in [3.8, 4) is 22.5 Å². The van der Waals surface area contributed by atoms with Gasteiger partial charge in [-0.15, -0.1) is 32.9 Å². The molecular weight excluding hydrogens is 434 g/mol. The highest BCUT2D eigenvalue weighted by Gasteiger charge is 2.20. The van der Waals surface area contributed by atoms with Crippen LogP contribution >= 0.6 is 34.4 Å². The van der Waals surface area contributed by atoms with Crippen LogP contribution in [0.15, 0.2) is 46.4 Å². The predicted octanol–water partition coefficient (Wildman–Crippen LogP) is 5.50. The number of aryl methyl sites for hydroxylation is 2. The van der Waals surface area contributed by atoms with E-state index < -0.39 is 0 Å². The maximum atomic E-state index is 12.2. The van der Waals surface area contributed by atoms with E-state index in [0.29, 0.717) is 5.13 Å². The number of hydrogen-bond donors (Lipinski definition) is 1. The van der Waals surface area contributed by atoms with Gasteiger partial charge in [-0.2, -0.15) is 0 Å². The molecule has 0 fully saturated rings.